The summed E-state index contributed by atoms with van der Waals surface area (Å²) in [6.07, 6.45) is 17.0. The molecule has 2 saturated heterocycles. The number of methoxy groups -OCH3 is 1. The smallest absolute Gasteiger partial charge is 0.254 e. The van der Waals surface area contributed by atoms with Gasteiger partial charge in [-0.15, -0.1) is 0 Å². The predicted octanol–water partition coefficient (Wildman–Crippen LogP) is 8.40. The summed E-state index contributed by atoms with van der Waals surface area (Å²) in [4.78, 5) is 67.7. The number of piperidine rings is 2. The van der Waals surface area contributed by atoms with E-state index in [1.807, 2.05) is 24.3 Å². The minimum Gasteiger partial charge on any atom is -0.495 e. The molecule has 3 amide bonds. The largest absolute Gasteiger partial charge is 0.495 e. The lowest BCUT2D eigenvalue weighted by molar-refractivity contribution is -0.164. The van der Waals surface area contributed by atoms with Crippen LogP contribution >= 0.6 is 0 Å². The zero-order valence-electron chi connectivity index (χ0n) is 46.1. The fraction of sp³-hybridized carbons (Fsp3) is 0.593. The van der Waals surface area contributed by atoms with Gasteiger partial charge >= 0.3 is 0 Å². The molecule has 0 spiro atoms. The van der Waals surface area contributed by atoms with Crippen molar-refractivity contribution in [2.24, 2.45) is 16.7 Å². The van der Waals surface area contributed by atoms with Crippen LogP contribution in [0, 0.1) is 28.1 Å². The molecule has 1 atom stereocenters. The van der Waals surface area contributed by atoms with Crippen LogP contribution in [-0.4, -0.2) is 133 Å². The molecular weight excluding hydrogens is 973 g/mol. The number of carbonyl (C=O) groups excluding carboxylic acids is 3. The lowest BCUT2D eigenvalue weighted by Gasteiger charge is -2.63. The molecule has 0 bridgehead atoms. The Bertz CT molecular complexity index is 2790. The number of aromatic nitrogens is 4. The van der Waals surface area contributed by atoms with Crippen molar-refractivity contribution < 1.29 is 28.6 Å². The van der Waals surface area contributed by atoms with Crippen LogP contribution in [0.2, 0.25) is 0 Å². The van der Waals surface area contributed by atoms with Gasteiger partial charge in [0.1, 0.15) is 29.3 Å². The molecule has 5 heterocycles. The number of hydrogen-bond donors (Lipinski definition) is 3. The third-order valence-electron chi connectivity index (χ3n) is 17.6. The standard InChI is InChI=1S/C59H78N12O6/c1-8-47-53(74)68(6)48-36-61-56(66-50(48)71(47)43-11-9-10-12-43)65-46-18-16-39(31-49(46)75-7)51(72)64-42-21-24-69(25-22-42)28-30-76-29-23-37-19-26-70(27-20-37)57-62-34-41(35-63-57)52(73)67-54-58(2,3)55(59(54,4)5)77-44-17-15-40(33-60)45(32-44)38-13-14-38/h15-18,31-32,34-38,42-43,47,54-55H,8-14,19-30H2,1-7H3,(H,64,72)(H,67,73)(H,61,65,66)/t47-,54?,55?/m1/s1. The summed E-state index contributed by atoms with van der Waals surface area (Å²) in [6.45, 7) is 16.4. The highest BCUT2D eigenvalue weighted by Crippen LogP contribution is 2.56. The molecule has 3 aliphatic heterocycles. The van der Waals surface area contributed by atoms with Gasteiger partial charge < -0.3 is 49.8 Å². The number of ether oxygens (including phenoxy) is 3. The maximum atomic E-state index is 13.6. The average Bonchev–Trinajstić information content (AvgIpc) is 4.25. The molecule has 3 aliphatic carbocycles. The molecule has 6 aliphatic rings. The second-order valence-corrected chi connectivity index (χ2v) is 23.5. The van der Waals surface area contributed by atoms with E-state index in [4.69, 9.17) is 19.2 Å². The van der Waals surface area contributed by atoms with Gasteiger partial charge in [0.15, 0.2) is 5.82 Å². The van der Waals surface area contributed by atoms with Gasteiger partial charge in [0.2, 0.25) is 17.8 Å². The fourth-order valence-electron chi connectivity index (χ4n) is 13.2. The minimum absolute atomic E-state index is 0.0746. The molecule has 3 N–H and O–H groups in total. The van der Waals surface area contributed by atoms with E-state index in [0.29, 0.717) is 65.0 Å². The quantitative estimate of drug-likeness (QED) is 0.0755. The molecule has 18 nitrogen and oxygen atoms in total. The van der Waals surface area contributed by atoms with E-state index in [1.54, 1.807) is 49.8 Å². The zero-order chi connectivity index (χ0) is 54.0. The molecule has 2 aromatic heterocycles. The summed E-state index contributed by atoms with van der Waals surface area (Å²) in [5, 5.41) is 19.4. The van der Waals surface area contributed by atoms with Crippen LogP contribution in [0.1, 0.15) is 149 Å². The number of likely N-dealkylation sites (tertiary alicyclic amines) is 1. The number of rotatable bonds is 19. The normalized spacial score (nSPS) is 22.7. The van der Waals surface area contributed by atoms with Gasteiger partial charge in [-0.25, -0.2) is 15.0 Å². The van der Waals surface area contributed by atoms with E-state index in [9.17, 15) is 19.6 Å². The van der Waals surface area contributed by atoms with Crippen LogP contribution in [0.5, 0.6) is 11.5 Å². The molecule has 10 rings (SSSR count). The van der Waals surface area contributed by atoms with Crippen molar-refractivity contribution in [3.05, 3.63) is 77.2 Å². The third-order valence-corrected chi connectivity index (χ3v) is 17.6. The Morgan fingerprint density at radius 1 is 0.831 bits per heavy atom. The van der Waals surface area contributed by atoms with Gasteiger partial charge in [-0.3, -0.25) is 14.4 Å². The average molecular weight is 1050 g/mol. The number of nitrogens with zero attached hydrogens (tertiary/aromatic N) is 9. The molecule has 3 saturated carbocycles. The Morgan fingerprint density at radius 2 is 1.55 bits per heavy atom. The van der Waals surface area contributed by atoms with Gasteiger partial charge in [-0.05, 0) is 118 Å². The molecule has 410 valence electrons. The molecule has 0 unspecified atom stereocenters. The van der Waals surface area contributed by atoms with E-state index < -0.39 is 0 Å². The summed E-state index contributed by atoms with van der Waals surface area (Å²) in [6, 6.07) is 13.5. The summed E-state index contributed by atoms with van der Waals surface area (Å²) < 4.78 is 18.5. The number of nitriles is 1. The number of benzene rings is 2. The van der Waals surface area contributed by atoms with Crippen molar-refractivity contribution >= 4 is 46.8 Å². The highest BCUT2D eigenvalue weighted by Gasteiger charge is 2.64. The number of amides is 3. The Kier molecular flexibility index (Phi) is 15.9. The Balaban J connectivity index is 0.612. The van der Waals surface area contributed by atoms with E-state index in [0.717, 1.165) is 133 Å². The number of nitrogens with one attached hydrogen (secondary N) is 3. The molecule has 77 heavy (non-hydrogen) atoms. The zero-order valence-corrected chi connectivity index (χ0v) is 46.1. The number of anilines is 5. The topological polar surface area (TPSA) is 203 Å². The summed E-state index contributed by atoms with van der Waals surface area (Å²) >= 11 is 0. The molecule has 4 aromatic rings. The predicted molar refractivity (Wildman–Crippen MR) is 296 cm³/mol. The van der Waals surface area contributed by atoms with Crippen molar-refractivity contribution in [2.45, 2.75) is 148 Å². The first kappa shape index (κ1) is 53.8. The van der Waals surface area contributed by atoms with Crippen LogP contribution in [0.4, 0.5) is 29.1 Å². The van der Waals surface area contributed by atoms with E-state index in [2.05, 4.69) is 86.3 Å². The van der Waals surface area contributed by atoms with Crippen LogP contribution in [0.25, 0.3) is 0 Å². The molecule has 2 aromatic carbocycles. The van der Waals surface area contributed by atoms with Crippen LogP contribution in [0.15, 0.2) is 55.0 Å². The molecule has 0 radical (unpaired) electrons. The highest BCUT2D eigenvalue weighted by molar-refractivity contribution is 6.04. The highest BCUT2D eigenvalue weighted by atomic mass is 16.5. The van der Waals surface area contributed by atoms with Crippen molar-refractivity contribution in [3.63, 3.8) is 0 Å². The first-order valence-electron chi connectivity index (χ1n) is 28.2. The summed E-state index contributed by atoms with van der Waals surface area (Å²) in [5.74, 6) is 3.87. The first-order chi connectivity index (χ1) is 37.2. The monoisotopic (exact) mass is 1050 g/mol. The van der Waals surface area contributed by atoms with Gasteiger partial charge in [0.25, 0.3) is 11.8 Å². The Morgan fingerprint density at radius 3 is 2.22 bits per heavy atom. The first-order valence-corrected chi connectivity index (χ1v) is 28.2. The SMILES string of the molecule is CC[C@@H]1C(=O)N(C)c2cnc(Nc3ccc(C(=O)NC4CCN(CCOCCC5CCN(c6ncc(C(=O)NC7C(C)(C)C(Oc8ccc(C#N)c(C9CC9)c8)C7(C)C)cn6)CC5)CC4)cc3OC)nc2N1C1CCCC1. The van der Waals surface area contributed by atoms with Gasteiger partial charge in [0.05, 0.1) is 42.8 Å². The lowest BCUT2D eigenvalue weighted by Crippen LogP contribution is -2.74. The number of hydrogen-bond acceptors (Lipinski definition) is 15. The van der Waals surface area contributed by atoms with E-state index >= 15 is 0 Å². The molecular formula is C59H78N12O6. The Hall–Kier alpha value is -6.58. The van der Waals surface area contributed by atoms with Crippen molar-refractivity contribution in [1.29, 1.82) is 5.26 Å². The fourth-order valence-corrected chi connectivity index (χ4v) is 13.2. The number of likely N-dealkylation sites (N-methyl/N-ethyl adjacent to an activating group) is 1. The van der Waals surface area contributed by atoms with Gasteiger partial charge in [0, 0.05) is 93.3 Å². The Labute approximate surface area is 454 Å². The van der Waals surface area contributed by atoms with Crippen molar-refractivity contribution in [1.82, 2.24) is 35.5 Å². The molecule has 18 heteroatoms. The third kappa shape index (κ3) is 11.4. The number of fused-ring (bicyclic) bond motifs is 1. The second kappa shape index (κ2) is 22.8. The van der Waals surface area contributed by atoms with E-state index in [1.165, 1.54) is 0 Å². The van der Waals surface area contributed by atoms with Crippen molar-refractivity contribution in [3.8, 4) is 17.6 Å². The lowest BCUT2D eigenvalue weighted by atomic mass is 9.49. The van der Waals surface area contributed by atoms with Gasteiger partial charge in [-0.1, -0.05) is 47.5 Å². The summed E-state index contributed by atoms with van der Waals surface area (Å²) in [7, 11) is 3.38. The van der Waals surface area contributed by atoms with E-state index in [-0.39, 0.29) is 58.8 Å². The van der Waals surface area contributed by atoms with Crippen LogP contribution in [0.3, 0.4) is 0 Å². The van der Waals surface area contributed by atoms with Gasteiger partial charge in [-0.2, -0.15) is 10.2 Å². The second-order valence-electron chi connectivity index (χ2n) is 23.5. The van der Waals surface area contributed by atoms with Crippen LogP contribution in [-0.2, 0) is 9.53 Å². The minimum atomic E-state index is -0.334. The summed E-state index contributed by atoms with van der Waals surface area (Å²) in [5.41, 5.74) is 3.44. The van der Waals surface area contributed by atoms with Crippen LogP contribution < -0.4 is 40.1 Å². The van der Waals surface area contributed by atoms with Crippen molar-refractivity contribution in [2.75, 3.05) is 80.1 Å². The number of carbonyl (C=O) groups is 3. The maximum Gasteiger partial charge on any atom is 0.254 e. The molecule has 5 fully saturated rings. The maximum absolute atomic E-state index is 13.6.